The average molecular weight is 233 g/mol. The molecule has 1 heterocycles. The highest BCUT2D eigenvalue weighted by atomic mass is 16.5. The molecule has 0 saturated carbocycles. The van der Waals surface area contributed by atoms with Gasteiger partial charge in [0.25, 0.3) is 0 Å². The highest BCUT2D eigenvalue weighted by Gasteiger charge is 2.45. The van der Waals surface area contributed by atoms with E-state index < -0.39 is 18.3 Å². The van der Waals surface area contributed by atoms with Gasteiger partial charge in [-0.1, -0.05) is 12.7 Å². The van der Waals surface area contributed by atoms with Crippen molar-refractivity contribution in [2.45, 2.75) is 24.7 Å². The number of rotatable bonds is 5. The topological polar surface area (TPSA) is 136 Å². The Bertz CT molecular complexity index is 270. The largest absolute Gasteiger partial charge is 0.560 e. The molecule has 0 unspecified atom stereocenters. The zero-order chi connectivity index (χ0) is 12.4. The smallest absolute Gasteiger partial charge is 0.371 e. The Kier molecular flexibility index (Phi) is 3.92. The number of nitrogens with two attached hydrogens (primary N) is 1. The molecule has 8 heteroatoms. The number of aliphatic carboxylic acids is 1. The summed E-state index contributed by atoms with van der Waals surface area (Å²) in [6.45, 7) is -2.58. The van der Waals surface area contributed by atoms with Gasteiger partial charge in [0.05, 0.1) is 0 Å². The average Bonchev–Trinajstić information content (AvgIpc) is 2.47. The first-order valence-electron chi connectivity index (χ1n) is 5.32. The second-order valence-electron chi connectivity index (χ2n) is 4.50. The molecule has 0 amide bonds. The first-order valence-corrected chi connectivity index (χ1v) is 5.32. The first kappa shape index (κ1) is 13.4. The summed E-state index contributed by atoms with van der Waals surface area (Å²) in [6, 6.07) is 0. The third-order valence-electron chi connectivity index (χ3n) is 3.08. The standard InChI is InChI=1S/C8H18BN2O5/c10-8(7(12)13)5-11-4-6(8)2-1-3-9(14,15)16/h6,11,14-16H,1-5,10H2,(H,12,13)/q-1/t6-,8-/m0/s1. The predicted octanol–water partition coefficient (Wildman–Crippen LogP) is -2.32. The lowest BCUT2D eigenvalue weighted by atomic mass is 9.72. The van der Waals surface area contributed by atoms with Crippen molar-refractivity contribution < 1.29 is 25.0 Å². The SMILES string of the molecule is N[C@@]1(C(=O)O)CNC[C@@H]1CCC[B-](O)(O)O. The highest BCUT2D eigenvalue weighted by Crippen LogP contribution is 2.25. The van der Waals surface area contributed by atoms with E-state index >= 15 is 0 Å². The van der Waals surface area contributed by atoms with Crippen LogP contribution in [0.3, 0.4) is 0 Å². The van der Waals surface area contributed by atoms with Crippen LogP contribution in [0.5, 0.6) is 0 Å². The second kappa shape index (κ2) is 4.68. The molecule has 94 valence electrons. The third kappa shape index (κ3) is 3.16. The number of carboxylic acids is 1. The van der Waals surface area contributed by atoms with Gasteiger partial charge in [-0.15, -0.1) is 0 Å². The van der Waals surface area contributed by atoms with Gasteiger partial charge in [0.15, 0.2) is 0 Å². The van der Waals surface area contributed by atoms with Gasteiger partial charge in [-0.3, -0.25) is 4.79 Å². The molecule has 0 aromatic heterocycles. The van der Waals surface area contributed by atoms with E-state index in [1.165, 1.54) is 0 Å². The molecule has 0 aliphatic carbocycles. The van der Waals surface area contributed by atoms with Crippen molar-refractivity contribution >= 4 is 12.7 Å². The maximum absolute atomic E-state index is 11.0. The van der Waals surface area contributed by atoms with Gasteiger partial charge in [-0.25, -0.2) is 0 Å². The summed E-state index contributed by atoms with van der Waals surface area (Å²) >= 11 is 0. The van der Waals surface area contributed by atoms with Crippen LogP contribution in [-0.2, 0) is 4.79 Å². The summed E-state index contributed by atoms with van der Waals surface area (Å²) in [7, 11) is 0. The minimum Gasteiger partial charge on any atom is -0.560 e. The first-order chi connectivity index (χ1) is 7.26. The van der Waals surface area contributed by atoms with E-state index in [2.05, 4.69) is 5.32 Å². The summed E-state index contributed by atoms with van der Waals surface area (Å²) < 4.78 is 0. The van der Waals surface area contributed by atoms with Crippen LogP contribution in [0.2, 0.25) is 6.32 Å². The van der Waals surface area contributed by atoms with Crippen molar-refractivity contribution in [2.24, 2.45) is 11.7 Å². The molecule has 0 aromatic rings. The lowest BCUT2D eigenvalue weighted by Crippen LogP contribution is -2.54. The Balaban J connectivity index is 2.45. The quantitative estimate of drug-likeness (QED) is 0.293. The van der Waals surface area contributed by atoms with Crippen molar-refractivity contribution in [1.82, 2.24) is 5.32 Å². The van der Waals surface area contributed by atoms with E-state index in [0.717, 1.165) is 0 Å². The number of hydrogen-bond acceptors (Lipinski definition) is 6. The van der Waals surface area contributed by atoms with Crippen LogP contribution >= 0.6 is 0 Å². The van der Waals surface area contributed by atoms with Gasteiger partial charge < -0.3 is 31.2 Å². The van der Waals surface area contributed by atoms with E-state index in [1.807, 2.05) is 0 Å². The lowest BCUT2D eigenvalue weighted by Gasteiger charge is -2.27. The Morgan fingerprint density at radius 1 is 1.50 bits per heavy atom. The van der Waals surface area contributed by atoms with Crippen molar-refractivity contribution in [3.8, 4) is 0 Å². The molecule has 2 atom stereocenters. The molecule has 7 N–H and O–H groups in total. The maximum Gasteiger partial charge on any atom is 0.371 e. The zero-order valence-corrected chi connectivity index (χ0v) is 8.96. The van der Waals surface area contributed by atoms with E-state index in [4.69, 9.17) is 25.9 Å². The molecule has 7 nitrogen and oxygen atoms in total. The summed E-state index contributed by atoms with van der Waals surface area (Å²) in [5.41, 5.74) is 4.46. The van der Waals surface area contributed by atoms with E-state index in [-0.39, 0.29) is 18.8 Å². The van der Waals surface area contributed by atoms with Crippen LogP contribution in [0.4, 0.5) is 0 Å². The molecule has 1 aliphatic heterocycles. The Hall–Kier alpha value is -0.665. The van der Waals surface area contributed by atoms with E-state index in [1.54, 1.807) is 0 Å². The number of carboxylic acid groups (broad SMARTS) is 1. The van der Waals surface area contributed by atoms with E-state index in [9.17, 15) is 4.79 Å². The van der Waals surface area contributed by atoms with Crippen LogP contribution in [-0.4, -0.2) is 51.5 Å². The van der Waals surface area contributed by atoms with Gasteiger partial charge in [-0.05, 0) is 6.42 Å². The normalized spacial score (nSPS) is 30.6. The number of hydrogen-bond donors (Lipinski definition) is 6. The van der Waals surface area contributed by atoms with Crippen molar-refractivity contribution in [3.05, 3.63) is 0 Å². The van der Waals surface area contributed by atoms with Gasteiger partial charge >= 0.3 is 12.7 Å². The molecule has 1 aliphatic rings. The minimum absolute atomic E-state index is 0.161. The van der Waals surface area contributed by atoms with Crippen molar-refractivity contribution in [2.75, 3.05) is 13.1 Å². The van der Waals surface area contributed by atoms with Crippen molar-refractivity contribution in [1.29, 1.82) is 0 Å². The number of nitrogens with one attached hydrogen (secondary N) is 1. The van der Waals surface area contributed by atoms with Crippen LogP contribution in [0.1, 0.15) is 12.8 Å². The molecule has 0 spiro atoms. The maximum atomic E-state index is 11.0. The van der Waals surface area contributed by atoms with Crippen LogP contribution in [0.25, 0.3) is 0 Å². The molecule has 1 fully saturated rings. The summed E-state index contributed by atoms with van der Waals surface area (Å²) in [6.07, 6.45) is 0.593. The van der Waals surface area contributed by atoms with Gasteiger partial charge in [0.1, 0.15) is 5.54 Å². The molecular weight excluding hydrogens is 215 g/mol. The fourth-order valence-corrected chi connectivity index (χ4v) is 2.03. The second-order valence-corrected chi connectivity index (χ2v) is 4.50. The predicted molar refractivity (Wildman–Crippen MR) is 57.4 cm³/mol. The minimum atomic E-state index is -3.28. The monoisotopic (exact) mass is 233 g/mol. The fraction of sp³-hybridized carbons (Fsp3) is 0.875. The fourth-order valence-electron chi connectivity index (χ4n) is 2.03. The van der Waals surface area contributed by atoms with Crippen molar-refractivity contribution in [3.63, 3.8) is 0 Å². The summed E-state index contributed by atoms with van der Waals surface area (Å²) in [5, 5.41) is 38.1. The Morgan fingerprint density at radius 3 is 2.62 bits per heavy atom. The molecule has 0 bridgehead atoms. The molecular formula is C8H18BN2O5-. The lowest BCUT2D eigenvalue weighted by molar-refractivity contribution is -0.144. The molecule has 1 saturated heterocycles. The Morgan fingerprint density at radius 2 is 2.12 bits per heavy atom. The summed E-state index contributed by atoms with van der Waals surface area (Å²) in [4.78, 5) is 11.0. The molecule has 0 radical (unpaired) electrons. The van der Waals surface area contributed by atoms with Gasteiger partial charge in [-0.2, -0.15) is 0 Å². The van der Waals surface area contributed by atoms with Crippen LogP contribution < -0.4 is 11.1 Å². The Labute approximate surface area is 93.3 Å². The van der Waals surface area contributed by atoms with E-state index in [0.29, 0.717) is 19.4 Å². The summed E-state index contributed by atoms with van der Waals surface area (Å²) in [5.74, 6) is -1.32. The molecule has 16 heavy (non-hydrogen) atoms. The van der Waals surface area contributed by atoms with Crippen LogP contribution in [0.15, 0.2) is 0 Å². The third-order valence-corrected chi connectivity index (χ3v) is 3.08. The molecule has 1 rings (SSSR count). The van der Waals surface area contributed by atoms with Gasteiger partial charge in [0, 0.05) is 19.0 Å². The van der Waals surface area contributed by atoms with Gasteiger partial charge in [0.2, 0.25) is 0 Å². The zero-order valence-electron chi connectivity index (χ0n) is 8.96. The molecule has 0 aromatic carbocycles. The number of carbonyl (C=O) groups is 1. The highest BCUT2D eigenvalue weighted by molar-refractivity contribution is 6.56. The van der Waals surface area contributed by atoms with Crippen LogP contribution in [0, 0.1) is 5.92 Å².